The quantitative estimate of drug-likeness (QED) is 0.898. The summed E-state index contributed by atoms with van der Waals surface area (Å²) >= 11 is 3.34. The summed E-state index contributed by atoms with van der Waals surface area (Å²) in [4.78, 5) is 14.0. The molecule has 0 saturated carbocycles. The number of nitrogens with zero attached hydrogens (tertiary/aromatic N) is 1. The van der Waals surface area contributed by atoms with E-state index in [1.807, 2.05) is 6.07 Å². The summed E-state index contributed by atoms with van der Waals surface area (Å²) in [6.07, 6.45) is 0. The summed E-state index contributed by atoms with van der Waals surface area (Å²) < 4.78 is 6.05. The molecule has 1 saturated heterocycles. The van der Waals surface area contributed by atoms with Crippen molar-refractivity contribution in [3.8, 4) is 0 Å². The largest absolute Gasteiger partial charge is 0.392 e. The summed E-state index contributed by atoms with van der Waals surface area (Å²) in [5.41, 5.74) is 1.22. The Bertz CT molecular complexity index is 416. The van der Waals surface area contributed by atoms with E-state index in [0.717, 1.165) is 4.47 Å². The molecule has 0 bridgehead atoms. The van der Waals surface area contributed by atoms with E-state index in [4.69, 9.17) is 4.74 Å². The first kappa shape index (κ1) is 12.5. The Morgan fingerprint density at radius 2 is 2.12 bits per heavy atom. The average molecular weight is 300 g/mol. The van der Waals surface area contributed by atoms with Crippen LogP contribution in [0.15, 0.2) is 22.7 Å². The fourth-order valence-corrected chi connectivity index (χ4v) is 2.18. The summed E-state index contributed by atoms with van der Waals surface area (Å²) in [7, 11) is 0. The Labute approximate surface area is 108 Å². The second kappa shape index (κ2) is 5.62. The normalized spacial score (nSPS) is 16.0. The predicted molar refractivity (Wildman–Crippen MR) is 66.8 cm³/mol. The molecule has 0 unspecified atom stereocenters. The maximum atomic E-state index is 12.3. The number of aliphatic hydroxyl groups is 1. The first-order valence-corrected chi connectivity index (χ1v) is 6.28. The van der Waals surface area contributed by atoms with Gasteiger partial charge < -0.3 is 14.7 Å². The van der Waals surface area contributed by atoms with Gasteiger partial charge in [0.05, 0.1) is 19.8 Å². The Hall–Kier alpha value is -0.910. The van der Waals surface area contributed by atoms with Crippen LogP contribution in [-0.2, 0) is 11.3 Å². The number of hydrogen-bond donors (Lipinski definition) is 1. The topological polar surface area (TPSA) is 49.8 Å². The Morgan fingerprint density at radius 3 is 2.76 bits per heavy atom. The minimum Gasteiger partial charge on any atom is -0.392 e. The van der Waals surface area contributed by atoms with Crippen molar-refractivity contribution in [2.45, 2.75) is 6.61 Å². The summed E-state index contributed by atoms with van der Waals surface area (Å²) in [6, 6.07) is 5.34. The minimum atomic E-state index is -0.126. The molecule has 0 aromatic heterocycles. The van der Waals surface area contributed by atoms with Crippen LogP contribution in [0.1, 0.15) is 15.9 Å². The van der Waals surface area contributed by atoms with Gasteiger partial charge in [-0.05, 0) is 17.7 Å². The summed E-state index contributed by atoms with van der Waals surface area (Å²) in [5, 5.41) is 9.25. The molecule has 17 heavy (non-hydrogen) atoms. The minimum absolute atomic E-state index is 0.0429. The van der Waals surface area contributed by atoms with E-state index in [2.05, 4.69) is 15.9 Å². The van der Waals surface area contributed by atoms with E-state index >= 15 is 0 Å². The zero-order chi connectivity index (χ0) is 12.3. The van der Waals surface area contributed by atoms with Crippen molar-refractivity contribution >= 4 is 21.8 Å². The van der Waals surface area contributed by atoms with Gasteiger partial charge >= 0.3 is 0 Å². The number of carbonyl (C=O) groups excluding carboxylic acids is 1. The molecule has 1 aromatic carbocycles. The third-order valence-electron chi connectivity index (χ3n) is 2.77. The molecular weight excluding hydrogens is 286 g/mol. The van der Waals surface area contributed by atoms with E-state index in [-0.39, 0.29) is 12.5 Å². The number of ether oxygens (including phenoxy) is 1. The number of amides is 1. The first-order valence-electron chi connectivity index (χ1n) is 5.48. The Kier molecular flexibility index (Phi) is 4.15. The molecule has 0 spiro atoms. The standard InChI is InChI=1S/C12H14BrNO3/c13-10-2-1-9(8-15)11(7-10)12(16)14-3-5-17-6-4-14/h1-2,7,15H,3-6,8H2. The molecule has 0 radical (unpaired) electrons. The zero-order valence-electron chi connectivity index (χ0n) is 9.36. The predicted octanol–water partition coefficient (Wildman–Crippen LogP) is 1.41. The Morgan fingerprint density at radius 1 is 1.41 bits per heavy atom. The lowest BCUT2D eigenvalue weighted by atomic mass is 10.1. The van der Waals surface area contributed by atoms with Gasteiger partial charge in [-0.15, -0.1) is 0 Å². The molecule has 1 aromatic rings. The second-order valence-electron chi connectivity index (χ2n) is 3.86. The van der Waals surface area contributed by atoms with Gasteiger partial charge in [-0.3, -0.25) is 4.79 Å². The first-order chi connectivity index (χ1) is 8.22. The van der Waals surface area contributed by atoms with Gasteiger partial charge in [0.25, 0.3) is 5.91 Å². The van der Waals surface area contributed by atoms with E-state index in [1.165, 1.54) is 0 Å². The monoisotopic (exact) mass is 299 g/mol. The number of benzene rings is 1. The van der Waals surface area contributed by atoms with Crippen molar-refractivity contribution in [1.82, 2.24) is 4.90 Å². The van der Waals surface area contributed by atoms with Crippen molar-refractivity contribution in [3.63, 3.8) is 0 Å². The molecule has 1 aliphatic heterocycles. The smallest absolute Gasteiger partial charge is 0.254 e. The second-order valence-corrected chi connectivity index (χ2v) is 4.78. The maximum absolute atomic E-state index is 12.3. The highest BCUT2D eigenvalue weighted by Gasteiger charge is 2.20. The van der Waals surface area contributed by atoms with Crippen LogP contribution in [-0.4, -0.2) is 42.2 Å². The van der Waals surface area contributed by atoms with Gasteiger partial charge in [0.2, 0.25) is 0 Å². The zero-order valence-corrected chi connectivity index (χ0v) is 10.9. The third kappa shape index (κ3) is 2.86. The van der Waals surface area contributed by atoms with Crippen molar-refractivity contribution in [1.29, 1.82) is 0 Å². The van der Waals surface area contributed by atoms with Gasteiger partial charge in [0.15, 0.2) is 0 Å². The van der Waals surface area contributed by atoms with E-state index < -0.39 is 0 Å². The number of morpholine rings is 1. The van der Waals surface area contributed by atoms with E-state index in [1.54, 1.807) is 17.0 Å². The van der Waals surface area contributed by atoms with Gasteiger partial charge in [0, 0.05) is 23.1 Å². The molecule has 92 valence electrons. The highest BCUT2D eigenvalue weighted by atomic mass is 79.9. The molecule has 1 aliphatic rings. The molecule has 1 fully saturated rings. The molecule has 1 amide bonds. The van der Waals surface area contributed by atoms with Crippen LogP contribution in [0.3, 0.4) is 0 Å². The molecule has 0 aliphatic carbocycles. The van der Waals surface area contributed by atoms with Gasteiger partial charge in [-0.2, -0.15) is 0 Å². The number of halogens is 1. The van der Waals surface area contributed by atoms with Crippen molar-refractivity contribution in [2.24, 2.45) is 0 Å². The fourth-order valence-electron chi connectivity index (χ4n) is 1.82. The van der Waals surface area contributed by atoms with Crippen molar-refractivity contribution in [3.05, 3.63) is 33.8 Å². The van der Waals surface area contributed by atoms with Crippen LogP contribution in [0.5, 0.6) is 0 Å². The van der Waals surface area contributed by atoms with E-state index in [9.17, 15) is 9.90 Å². The number of hydrogen-bond acceptors (Lipinski definition) is 3. The number of rotatable bonds is 2. The maximum Gasteiger partial charge on any atom is 0.254 e. The molecule has 2 rings (SSSR count). The highest BCUT2D eigenvalue weighted by Crippen LogP contribution is 2.19. The van der Waals surface area contributed by atoms with Crippen molar-refractivity contribution < 1.29 is 14.6 Å². The van der Waals surface area contributed by atoms with Crippen molar-refractivity contribution in [2.75, 3.05) is 26.3 Å². The van der Waals surface area contributed by atoms with Crippen LogP contribution < -0.4 is 0 Å². The molecule has 4 nitrogen and oxygen atoms in total. The lowest BCUT2D eigenvalue weighted by Crippen LogP contribution is -2.41. The lowest BCUT2D eigenvalue weighted by molar-refractivity contribution is 0.0301. The van der Waals surface area contributed by atoms with E-state index in [0.29, 0.717) is 37.4 Å². The van der Waals surface area contributed by atoms with Gasteiger partial charge in [-0.25, -0.2) is 0 Å². The molecule has 1 heterocycles. The SMILES string of the molecule is O=C(c1cc(Br)ccc1CO)N1CCOCC1. The summed E-state index contributed by atoms with van der Waals surface area (Å²) in [5.74, 6) is -0.0429. The van der Waals surface area contributed by atoms with Crippen LogP contribution in [0.25, 0.3) is 0 Å². The molecule has 5 heteroatoms. The van der Waals surface area contributed by atoms with Crippen LogP contribution in [0, 0.1) is 0 Å². The number of carbonyl (C=O) groups is 1. The molecular formula is C12H14BrNO3. The third-order valence-corrected chi connectivity index (χ3v) is 3.26. The average Bonchev–Trinajstić information content (AvgIpc) is 2.39. The number of aliphatic hydroxyl groups excluding tert-OH is 1. The highest BCUT2D eigenvalue weighted by molar-refractivity contribution is 9.10. The van der Waals surface area contributed by atoms with Crippen LogP contribution in [0.2, 0.25) is 0 Å². The molecule has 0 atom stereocenters. The lowest BCUT2D eigenvalue weighted by Gasteiger charge is -2.27. The summed E-state index contributed by atoms with van der Waals surface area (Å²) in [6.45, 7) is 2.24. The fraction of sp³-hybridized carbons (Fsp3) is 0.417. The molecule has 1 N–H and O–H groups in total. The Balaban J connectivity index is 2.25. The van der Waals surface area contributed by atoms with Gasteiger partial charge in [0.1, 0.15) is 0 Å². The van der Waals surface area contributed by atoms with Crippen LogP contribution in [0.4, 0.5) is 0 Å². The van der Waals surface area contributed by atoms with Crippen LogP contribution >= 0.6 is 15.9 Å². The van der Waals surface area contributed by atoms with Gasteiger partial charge in [-0.1, -0.05) is 22.0 Å².